The summed E-state index contributed by atoms with van der Waals surface area (Å²) in [5.41, 5.74) is 0.966. The molecule has 1 amide bonds. The molecule has 0 spiro atoms. The number of sulfone groups is 1. The van der Waals surface area contributed by atoms with E-state index in [2.05, 4.69) is 5.32 Å². The van der Waals surface area contributed by atoms with Gasteiger partial charge in [0.05, 0.1) is 12.9 Å². The molecular weight excluding hydrogens is 278 g/mol. The molecule has 1 heterocycles. The molecule has 0 saturated heterocycles. The molecule has 1 aliphatic heterocycles. The Hall–Kier alpha value is -1.82. The number of ether oxygens (including phenoxy) is 1. The van der Waals surface area contributed by atoms with Crippen LogP contribution < -0.4 is 10.1 Å². The van der Waals surface area contributed by atoms with E-state index >= 15 is 0 Å². The van der Waals surface area contributed by atoms with Crippen LogP contribution in [0.2, 0.25) is 0 Å². The summed E-state index contributed by atoms with van der Waals surface area (Å²) in [4.78, 5) is 11.7. The van der Waals surface area contributed by atoms with E-state index in [1.54, 1.807) is 13.2 Å². The fourth-order valence-electron chi connectivity index (χ4n) is 2.02. The summed E-state index contributed by atoms with van der Waals surface area (Å²) in [5, 5.41) is 3.97. The quantitative estimate of drug-likeness (QED) is 0.887. The molecule has 0 radical (unpaired) electrons. The second-order valence-electron chi connectivity index (χ2n) is 4.75. The molecule has 0 saturated carbocycles. The minimum Gasteiger partial charge on any atom is -0.497 e. The second kappa shape index (κ2) is 6.09. The van der Waals surface area contributed by atoms with E-state index in [1.807, 2.05) is 24.3 Å². The second-order valence-corrected chi connectivity index (χ2v) is 6.68. The highest BCUT2D eigenvalue weighted by atomic mass is 32.2. The summed E-state index contributed by atoms with van der Waals surface area (Å²) in [6.07, 6.45) is 1.79. The van der Waals surface area contributed by atoms with Gasteiger partial charge in [-0.25, -0.2) is 8.42 Å². The van der Waals surface area contributed by atoms with Gasteiger partial charge < -0.3 is 10.1 Å². The Morgan fingerprint density at radius 3 is 2.60 bits per heavy atom. The Morgan fingerprint density at radius 1 is 1.35 bits per heavy atom. The third-order valence-corrected chi connectivity index (χ3v) is 4.57. The number of carbonyl (C=O) groups is 1. The molecule has 1 aliphatic rings. The molecule has 1 atom stereocenters. The van der Waals surface area contributed by atoms with E-state index < -0.39 is 9.84 Å². The zero-order chi connectivity index (χ0) is 14.6. The fraction of sp³-hybridized carbons (Fsp3) is 0.357. The van der Waals surface area contributed by atoms with Gasteiger partial charge in [-0.1, -0.05) is 18.2 Å². The molecule has 0 aromatic heterocycles. The molecule has 1 aromatic carbocycles. The lowest BCUT2D eigenvalue weighted by Crippen LogP contribution is -2.25. The highest BCUT2D eigenvalue weighted by Crippen LogP contribution is 2.18. The highest BCUT2D eigenvalue weighted by molar-refractivity contribution is 7.94. The van der Waals surface area contributed by atoms with Gasteiger partial charge in [-0.05, 0) is 17.7 Å². The number of carbonyl (C=O) groups excluding carboxylic acids is 1. The summed E-state index contributed by atoms with van der Waals surface area (Å²) in [6, 6.07) is 7.40. The van der Waals surface area contributed by atoms with Crippen LogP contribution in [-0.4, -0.2) is 27.2 Å². The molecule has 2 rings (SSSR count). The normalized spacial score (nSPS) is 19.8. The third-order valence-electron chi connectivity index (χ3n) is 3.10. The Labute approximate surface area is 118 Å². The first-order valence-corrected chi connectivity index (χ1v) is 8.00. The van der Waals surface area contributed by atoms with Gasteiger partial charge in [0.2, 0.25) is 5.91 Å². The van der Waals surface area contributed by atoms with Crippen LogP contribution in [0.5, 0.6) is 5.75 Å². The van der Waals surface area contributed by atoms with Gasteiger partial charge in [0.25, 0.3) is 0 Å². The van der Waals surface area contributed by atoms with Crippen LogP contribution in [-0.2, 0) is 21.2 Å². The molecule has 108 valence electrons. The number of rotatable bonds is 5. The Balaban J connectivity index is 1.79. The van der Waals surface area contributed by atoms with E-state index in [9.17, 15) is 13.2 Å². The summed E-state index contributed by atoms with van der Waals surface area (Å²) < 4.78 is 27.5. The van der Waals surface area contributed by atoms with Crippen molar-refractivity contribution in [2.24, 2.45) is 5.92 Å². The van der Waals surface area contributed by atoms with Crippen molar-refractivity contribution >= 4 is 15.7 Å². The third kappa shape index (κ3) is 4.09. The number of allylic oxidation sites excluding steroid dienone is 1. The lowest BCUT2D eigenvalue weighted by atomic mass is 10.1. The highest BCUT2D eigenvalue weighted by Gasteiger charge is 2.23. The minimum atomic E-state index is -3.09. The largest absolute Gasteiger partial charge is 0.497 e. The average molecular weight is 295 g/mol. The molecule has 6 heteroatoms. The molecular formula is C14H17NO4S. The van der Waals surface area contributed by atoms with Gasteiger partial charge in [0.1, 0.15) is 5.75 Å². The predicted octanol–water partition coefficient (Wildman–Crippen LogP) is 1.26. The van der Waals surface area contributed by atoms with Gasteiger partial charge in [-0.2, -0.15) is 0 Å². The van der Waals surface area contributed by atoms with Crippen LogP contribution in [0.4, 0.5) is 0 Å². The van der Waals surface area contributed by atoms with E-state index in [0.717, 1.165) is 11.3 Å². The van der Waals surface area contributed by atoms with Crippen LogP contribution >= 0.6 is 0 Å². The zero-order valence-corrected chi connectivity index (χ0v) is 12.0. The lowest BCUT2D eigenvalue weighted by molar-refractivity contribution is -0.121. The first kappa shape index (κ1) is 14.6. The van der Waals surface area contributed by atoms with Crippen molar-refractivity contribution in [2.45, 2.75) is 13.0 Å². The molecule has 5 nitrogen and oxygen atoms in total. The van der Waals surface area contributed by atoms with Crippen molar-refractivity contribution in [1.29, 1.82) is 0 Å². The van der Waals surface area contributed by atoms with Crippen LogP contribution in [0.25, 0.3) is 0 Å². The minimum absolute atomic E-state index is 0.0307. The average Bonchev–Trinajstić information content (AvgIpc) is 2.76. The topological polar surface area (TPSA) is 72.5 Å². The van der Waals surface area contributed by atoms with Crippen LogP contribution in [0.3, 0.4) is 0 Å². The van der Waals surface area contributed by atoms with E-state index in [0.29, 0.717) is 6.54 Å². The smallest absolute Gasteiger partial charge is 0.220 e. The van der Waals surface area contributed by atoms with Crippen molar-refractivity contribution in [1.82, 2.24) is 5.32 Å². The summed E-state index contributed by atoms with van der Waals surface area (Å²) >= 11 is 0. The molecule has 0 aliphatic carbocycles. The van der Waals surface area contributed by atoms with Crippen molar-refractivity contribution < 1.29 is 17.9 Å². The van der Waals surface area contributed by atoms with Crippen molar-refractivity contribution in [3.63, 3.8) is 0 Å². The number of amides is 1. The number of benzene rings is 1. The predicted molar refractivity (Wildman–Crippen MR) is 75.9 cm³/mol. The Morgan fingerprint density at radius 2 is 2.05 bits per heavy atom. The first-order valence-electron chi connectivity index (χ1n) is 6.29. The maximum absolute atomic E-state index is 11.7. The van der Waals surface area contributed by atoms with Gasteiger partial charge in [-0.3, -0.25) is 4.79 Å². The molecule has 1 N–H and O–H groups in total. The number of hydrogen-bond donors (Lipinski definition) is 1. The van der Waals surface area contributed by atoms with Crippen LogP contribution in [0.1, 0.15) is 12.0 Å². The fourth-order valence-corrected chi connectivity index (χ4v) is 3.42. The van der Waals surface area contributed by atoms with Gasteiger partial charge in [0.15, 0.2) is 9.84 Å². The van der Waals surface area contributed by atoms with Crippen molar-refractivity contribution in [2.75, 3.05) is 12.9 Å². The molecule has 0 fully saturated rings. The standard InChI is InChI=1S/C14H17NO4S/c1-19-13-4-2-11(3-5-13)9-15-14(16)8-12-6-7-20(17,18)10-12/h2-7,12H,8-10H2,1H3,(H,15,16)/t12-/m0/s1. The maximum atomic E-state index is 11.7. The summed E-state index contributed by atoms with van der Waals surface area (Å²) in [6.45, 7) is 0.423. The van der Waals surface area contributed by atoms with E-state index in [4.69, 9.17) is 4.74 Å². The lowest BCUT2D eigenvalue weighted by Gasteiger charge is -2.08. The Kier molecular flexibility index (Phi) is 4.44. The number of nitrogens with one attached hydrogen (secondary N) is 1. The number of methoxy groups -OCH3 is 1. The van der Waals surface area contributed by atoms with Crippen LogP contribution in [0.15, 0.2) is 35.7 Å². The molecule has 0 unspecified atom stereocenters. The van der Waals surface area contributed by atoms with E-state index in [-0.39, 0.29) is 24.0 Å². The number of hydrogen-bond acceptors (Lipinski definition) is 4. The molecule has 1 aromatic rings. The summed E-state index contributed by atoms with van der Waals surface area (Å²) in [7, 11) is -1.49. The van der Waals surface area contributed by atoms with Crippen molar-refractivity contribution in [3.8, 4) is 5.75 Å². The Bertz CT molecular complexity index is 605. The van der Waals surface area contributed by atoms with E-state index in [1.165, 1.54) is 5.41 Å². The van der Waals surface area contributed by atoms with Crippen LogP contribution in [0, 0.1) is 5.92 Å². The maximum Gasteiger partial charge on any atom is 0.220 e. The van der Waals surface area contributed by atoms with Gasteiger partial charge in [-0.15, -0.1) is 0 Å². The SMILES string of the molecule is COc1ccc(CNC(=O)C[C@@H]2C=CS(=O)(=O)C2)cc1. The first-order chi connectivity index (χ1) is 9.48. The molecule has 20 heavy (non-hydrogen) atoms. The zero-order valence-electron chi connectivity index (χ0n) is 11.2. The van der Waals surface area contributed by atoms with Gasteiger partial charge >= 0.3 is 0 Å². The monoisotopic (exact) mass is 295 g/mol. The van der Waals surface area contributed by atoms with Gasteiger partial charge in [0, 0.05) is 24.3 Å². The molecule has 0 bridgehead atoms. The van der Waals surface area contributed by atoms with Crippen molar-refractivity contribution in [3.05, 3.63) is 41.3 Å². The summed E-state index contributed by atoms with van der Waals surface area (Å²) in [5.74, 6) is 0.438.